The van der Waals surface area contributed by atoms with Crippen molar-refractivity contribution in [2.45, 2.75) is 79.7 Å². The second-order valence-corrected chi connectivity index (χ2v) is 10.4. The van der Waals surface area contributed by atoms with Crippen molar-refractivity contribution < 1.29 is 4.79 Å². The molecule has 1 unspecified atom stereocenters. The summed E-state index contributed by atoms with van der Waals surface area (Å²) < 4.78 is 1.88. The van der Waals surface area contributed by atoms with E-state index in [2.05, 4.69) is 35.3 Å². The van der Waals surface area contributed by atoms with E-state index < -0.39 is 0 Å². The quantitative estimate of drug-likeness (QED) is 0.354. The van der Waals surface area contributed by atoms with Gasteiger partial charge in [0.25, 0.3) is 11.5 Å². The van der Waals surface area contributed by atoms with Gasteiger partial charge in [-0.15, -0.1) is 0 Å². The van der Waals surface area contributed by atoms with Gasteiger partial charge in [0.05, 0.1) is 0 Å². The highest BCUT2D eigenvalue weighted by molar-refractivity contribution is 5.94. The third-order valence-corrected chi connectivity index (χ3v) is 7.63. The number of pyridine rings is 1. The van der Waals surface area contributed by atoms with Gasteiger partial charge in [0.15, 0.2) is 0 Å². The molecule has 0 spiro atoms. The first kappa shape index (κ1) is 37.1. The van der Waals surface area contributed by atoms with Gasteiger partial charge < -0.3 is 19.7 Å². The molecule has 1 aromatic heterocycles. The summed E-state index contributed by atoms with van der Waals surface area (Å²) in [6.07, 6.45) is 6.79. The number of nitrogens with one attached hydrogen (secondary N) is 1. The van der Waals surface area contributed by atoms with Crippen LogP contribution in [0.3, 0.4) is 0 Å². The molecule has 6 heteroatoms. The lowest BCUT2D eigenvalue weighted by atomic mass is 9.89. The summed E-state index contributed by atoms with van der Waals surface area (Å²) in [6.45, 7) is 17.4. The Bertz CT molecular complexity index is 1210. The molecule has 1 amide bonds. The molecule has 6 nitrogen and oxygen atoms in total. The van der Waals surface area contributed by atoms with E-state index in [1.807, 2.05) is 101 Å². The molecule has 0 radical (unpaired) electrons. The van der Waals surface area contributed by atoms with Gasteiger partial charge in [-0.05, 0) is 106 Å². The number of fused-ring (bicyclic) bond motifs is 1. The molecule has 2 fully saturated rings. The summed E-state index contributed by atoms with van der Waals surface area (Å²) in [7, 11) is 6.00. The van der Waals surface area contributed by atoms with E-state index in [0.29, 0.717) is 11.8 Å². The number of benzene rings is 2. The molecule has 0 aliphatic carbocycles. The number of aromatic nitrogens is 1. The molecule has 42 heavy (non-hydrogen) atoms. The Morgan fingerprint density at radius 2 is 1.50 bits per heavy atom. The van der Waals surface area contributed by atoms with Crippen molar-refractivity contribution in [1.29, 1.82) is 0 Å². The third kappa shape index (κ3) is 11.4. The zero-order chi connectivity index (χ0) is 31.5. The number of carbonyl (C=O) groups excluding carboxylic acids is 1. The smallest absolute Gasteiger partial charge is 0.258 e. The van der Waals surface area contributed by atoms with Crippen LogP contribution in [0.4, 0.5) is 0 Å². The SMILES string of the molecule is CC.CC.CC.CN1CCCC(Cn2ccc3ccccc3c2=O)C1.CNC(=O)c1cccc(C2CCN(C)CC2)c1. The van der Waals surface area contributed by atoms with E-state index >= 15 is 0 Å². The predicted molar refractivity (Wildman–Crippen MR) is 182 cm³/mol. The van der Waals surface area contributed by atoms with Crippen LogP contribution < -0.4 is 10.9 Å². The van der Waals surface area contributed by atoms with E-state index in [0.717, 1.165) is 42.5 Å². The summed E-state index contributed by atoms with van der Waals surface area (Å²) in [5.74, 6) is 1.20. The van der Waals surface area contributed by atoms with Gasteiger partial charge in [-0.25, -0.2) is 0 Å². The lowest BCUT2D eigenvalue weighted by Crippen LogP contribution is -2.36. The maximum absolute atomic E-state index is 12.4. The van der Waals surface area contributed by atoms with Crippen LogP contribution in [-0.2, 0) is 6.54 Å². The van der Waals surface area contributed by atoms with E-state index in [1.54, 1.807) is 7.05 Å². The summed E-state index contributed by atoms with van der Waals surface area (Å²) in [4.78, 5) is 28.7. The number of piperidine rings is 2. The highest BCUT2D eigenvalue weighted by atomic mass is 16.1. The maximum Gasteiger partial charge on any atom is 0.258 e. The number of amides is 1. The molecular weight excluding hydrogens is 520 g/mol. The fraction of sp³-hybridized carbons (Fsp3) is 0.556. The largest absolute Gasteiger partial charge is 0.355 e. The molecule has 2 saturated heterocycles. The molecular formula is C36H58N4O2. The number of likely N-dealkylation sites (tertiary alicyclic amines) is 2. The third-order valence-electron chi connectivity index (χ3n) is 7.63. The van der Waals surface area contributed by atoms with Crippen molar-refractivity contribution in [3.8, 4) is 0 Å². The van der Waals surface area contributed by atoms with Gasteiger partial charge in [-0.3, -0.25) is 9.59 Å². The minimum Gasteiger partial charge on any atom is -0.355 e. The first-order valence-corrected chi connectivity index (χ1v) is 16.2. The molecule has 5 rings (SSSR count). The highest BCUT2D eigenvalue weighted by Gasteiger charge is 2.19. The monoisotopic (exact) mass is 578 g/mol. The van der Waals surface area contributed by atoms with Gasteiger partial charge in [-0.1, -0.05) is 71.9 Å². The predicted octanol–water partition coefficient (Wildman–Crippen LogP) is 7.28. The van der Waals surface area contributed by atoms with Crippen molar-refractivity contribution in [2.24, 2.45) is 5.92 Å². The molecule has 0 bridgehead atoms. The van der Waals surface area contributed by atoms with Crippen LogP contribution in [-0.4, -0.2) is 67.6 Å². The average molecular weight is 579 g/mol. The van der Waals surface area contributed by atoms with Gasteiger partial charge in [-0.2, -0.15) is 0 Å². The first-order valence-electron chi connectivity index (χ1n) is 16.2. The molecule has 1 atom stereocenters. The van der Waals surface area contributed by atoms with Crippen LogP contribution in [0.2, 0.25) is 0 Å². The molecule has 0 saturated carbocycles. The number of carbonyl (C=O) groups is 1. The van der Waals surface area contributed by atoms with Crippen LogP contribution >= 0.6 is 0 Å². The Balaban J connectivity index is 0.000000359. The molecule has 3 heterocycles. The standard InChI is InChI=1S/C16H20N2O.C14H20N2O.3C2H6/c1-17-9-4-5-13(11-17)12-18-10-8-14-6-2-3-7-15(14)16(18)19;1-15-14(17)13-5-3-4-12(10-13)11-6-8-16(2)9-7-11;3*1-2/h2-3,6-8,10,13H,4-5,9,11-12H2,1H3;3-5,10-11H,6-9H2,1-2H3,(H,15,17);3*1-2H3. The summed E-state index contributed by atoms with van der Waals surface area (Å²) in [5, 5.41) is 4.53. The first-order chi connectivity index (χ1) is 20.4. The fourth-order valence-electron chi connectivity index (χ4n) is 5.49. The second-order valence-electron chi connectivity index (χ2n) is 10.4. The zero-order valence-corrected chi connectivity index (χ0v) is 28.0. The minimum absolute atomic E-state index is 0.000206. The highest BCUT2D eigenvalue weighted by Crippen LogP contribution is 2.27. The van der Waals surface area contributed by atoms with E-state index in [1.165, 1.54) is 37.8 Å². The Morgan fingerprint density at radius 3 is 2.14 bits per heavy atom. The van der Waals surface area contributed by atoms with Gasteiger partial charge in [0.2, 0.25) is 0 Å². The Labute approximate surface area is 256 Å². The molecule has 2 aromatic carbocycles. The van der Waals surface area contributed by atoms with Crippen molar-refractivity contribution in [2.75, 3.05) is 47.3 Å². The second kappa shape index (κ2) is 20.8. The zero-order valence-electron chi connectivity index (χ0n) is 28.0. The minimum atomic E-state index is -0.000206. The van der Waals surface area contributed by atoms with E-state index in [9.17, 15) is 9.59 Å². The topological polar surface area (TPSA) is 57.6 Å². The Morgan fingerprint density at radius 1 is 0.833 bits per heavy atom. The van der Waals surface area contributed by atoms with Crippen LogP contribution in [0.5, 0.6) is 0 Å². The van der Waals surface area contributed by atoms with Crippen LogP contribution in [0.1, 0.15) is 89.1 Å². The van der Waals surface area contributed by atoms with Crippen LogP contribution in [0, 0.1) is 5.92 Å². The van der Waals surface area contributed by atoms with Crippen molar-refractivity contribution in [3.63, 3.8) is 0 Å². The lowest BCUT2D eigenvalue weighted by Gasteiger charge is -2.30. The molecule has 2 aliphatic heterocycles. The molecule has 2 aliphatic rings. The maximum atomic E-state index is 12.4. The fourth-order valence-corrected chi connectivity index (χ4v) is 5.49. The Hall–Kier alpha value is -2.96. The average Bonchev–Trinajstić information content (AvgIpc) is 3.06. The molecule has 1 N–H and O–H groups in total. The van der Waals surface area contributed by atoms with Crippen LogP contribution in [0.25, 0.3) is 10.8 Å². The number of hydrogen-bond donors (Lipinski definition) is 1. The van der Waals surface area contributed by atoms with E-state index in [4.69, 9.17) is 0 Å². The number of nitrogens with zero attached hydrogens (tertiary/aromatic N) is 3. The lowest BCUT2D eigenvalue weighted by molar-refractivity contribution is 0.0963. The van der Waals surface area contributed by atoms with Crippen molar-refractivity contribution in [3.05, 3.63) is 82.3 Å². The van der Waals surface area contributed by atoms with Gasteiger partial charge in [0.1, 0.15) is 0 Å². The summed E-state index contributed by atoms with van der Waals surface area (Å²) in [5.41, 5.74) is 2.22. The molecule has 234 valence electrons. The van der Waals surface area contributed by atoms with E-state index in [-0.39, 0.29) is 11.5 Å². The normalized spacial score (nSPS) is 17.1. The van der Waals surface area contributed by atoms with Gasteiger partial charge in [0, 0.05) is 37.3 Å². The van der Waals surface area contributed by atoms with Crippen molar-refractivity contribution >= 4 is 16.7 Å². The summed E-state index contributed by atoms with van der Waals surface area (Å²) in [6, 6.07) is 17.9. The van der Waals surface area contributed by atoms with Crippen LogP contribution in [0.15, 0.2) is 65.6 Å². The molecule has 3 aromatic rings. The Kier molecular flexibility index (Phi) is 18.4. The van der Waals surface area contributed by atoms with Crippen molar-refractivity contribution in [1.82, 2.24) is 19.7 Å². The number of rotatable bonds is 4. The van der Waals surface area contributed by atoms with Gasteiger partial charge >= 0.3 is 0 Å². The summed E-state index contributed by atoms with van der Waals surface area (Å²) >= 11 is 0. The number of hydrogen-bond acceptors (Lipinski definition) is 4.